The van der Waals surface area contributed by atoms with Crippen LogP contribution in [0.5, 0.6) is 0 Å². The molecule has 0 amide bonds. The first-order chi connectivity index (χ1) is 7.88. The molecule has 0 saturated carbocycles. The topological polar surface area (TPSA) is 33.6 Å². The van der Waals surface area contributed by atoms with Gasteiger partial charge in [-0.25, -0.2) is 0 Å². The predicted molar refractivity (Wildman–Crippen MR) is 68.3 cm³/mol. The Kier molecular flexibility index (Phi) is 3.88. The van der Waals surface area contributed by atoms with Gasteiger partial charge in [0.25, 0.3) is 0 Å². The average molecular weight is 234 g/mol. The number of ether oxygens (including phenoxy) is 1. The molecular weight excluding hydrogens is 220 g/mol. The van der Waals surface area contributed by atoms with E-state index in [-0.39, 0.29) is 0 Å². The smallest absolute Gasteiger partial charge is 0.160 e. The van der Waals surface area contributed by atoms with E-state index in [0.29, 0.717) is 13.2 Å². The Morgan fingerprint density at radius 1 is 1.38 bits per heavy atom. The summed E-state index contributed by atoms with van der Waals surface area (Å²) in [4.78, 5) is 4.32. The Morgan fingerprint density at radius 2 is 2.19 bits per heavy atom. The van der Waals surface area contributed by atoms with Crippen LogP contribution in [0.2, 0.25) is 0 Å². The molecule has 0 radical (unpaired) electrons. The number of hydrogen-bond donors (Lipinski definition) is 1. The lowest BCUT2D eigenvalue weighted by Crippen LogP contribution is -2.20. The third-order valence-corrected chi connectivity index (χ3v) is 2.83. The molecule has 1 aliphatic heterocycles. The second-order valence-corrected chi connectivity index (χ2v) is 4.15. The molecule has 84 valence electrons. The van der Waals surface area contributed by atoms with Gasteiger partial charge >= 0.3 is 0 Å². The first kappa shape index (κ1) is 11.1. The average Bonchev–Trinajstić information content (AvgIpc) is 2.38. The SMILES string of the molecule is CSC1=NCC(OCc2ccccc2)=CN1. The van der Waals surface area contributed by atoms with Gasteiger partial charge in [0, 0.05) is 6.20 Å². The maximum atomic E-state index is 5.64. The van der Waals surface area contributed by atoms with Crippen LogP contribution in [-0.2, 0) is 11.3 Å². The van der Waals surface area contributed by atoms with Gasteiger partial charge in [-0.05, 0) is 11.8 Å². The minimum atomic E-state index is 0.596. The fourth-order valence-electron chi connectivity index (χ4n) is 1.34. The van der Waals surface area contributed by atoms with Crippen LogP contribution in [0.1, 0.15) is 5.56 Å². The quantitative estimate of drug-likeness (QED) is 0.871. The number of hydrogen-bond acceptors (Lipinski definition) is 4. The number of rotatable bonds is 3. The maximum Gasteiger partial charge on any atom is 0.160 e. The third-order valence-electron chi connectivity index (χ3n) is 2.20. The van der Waals surface area contributed by atoms with Crippen molar-refractivity contribution in [1.82, 2.24) is 5.32 Å². The fraction of sp³-hybridized carbons (Fsp3) is 0.250. The minimum absolute atomic E-state index is 0.596. The lowest BCUT2D eigenvalue weighted by atomic mass is 10.2. The molecule has 16 heavy (non-hydrogen) atoms. The molecule has 1 aromatic rings. The van der Waals surface area contributed by atoms with Crippen molar-refractivity contribution in [2.24, 2.45) is 4.99 Å². The zero-order valence-corrected chi connectivity index (χ0v) is 9.96. The maximum absolute atomic E-state index is 5.64. The van der Waals surface area contributed by atoms with Crippen molar-refractivity contribution >= 4 is 16.9 Å². The number of aliphatic imine (C=N–C) groups is 1. The van der Waals surface area contributed by atoms with E-state index in [1.165, 1.54) is 5.56 Å². The van der Waals surface area contributed by atoms with E-state index >= 15 is 0 Å². The zero-order valence-electron chi connectivity index (χ0n) is 9.14. The number of amidine groups is 1. The van der Waals surface area contributed by atoms with Crippen LogP contribution in [0.15, 0.2) is 47.3 Å². The van der Waals surface area contributed by atoms with E-state index < -0.39 is 0 Å². The molecule has 0 spiro atoms. The van der Waals surface area contributed by atoms with Crippen molar-refractivity contribution in [1.29, 1.82) is 0 Å². The van der Waals surface area contributed by atoms with Crippen molar-refractivity contribution in [3.8, 4) is 0 Å². The normalized spacial score (nSPS) is 14.8. The van der Waals surface area contributed by atoms with Crippen LogP contribution in [0.25, 0.3) is 0 Å². The lowest BCUT2D eigenvalue weighted by molar-refractivity contribution is 0.194. The second-order valence-electron chi connectivity index (χ2n) is 3.35. The molecule has 0 unspecified atom stereocenters. The van der Waals surface area contributed by atoms with Gasteiger partial charge in [-0.15, -0.1) is 0 Å². The second kappa shape index (κ2) is 5.61. The molecule has 0 bridgehead atoms. The molecular formula is C12H14N2OS. The molecule has 1 heterocycles. The molecule has 3 nitrogen and oxygen atoms in total. The Bertz CT molecular complexity index is 401. The number of nitrogens with zero attached hydrogens (tertiary/aromatic N) is 1. The first-order valence-electron chi connectivity index (χ1n) is 5.09. The van der Waals surface area contributed by atoms with E-state index in [2.05, 4.69) is 10.3 Å². The summed E-state index contributed by atoms with van der Waals surface area (Å²) >= 11 is 1.60. The molecule has 0 aliphatic carbocycles. The van der Waals surface area contributed by atoms with Crippen molar-refractivity contribution in [3.05, 3.63) is 47.9 Å². The predicted octanol–water partition coefficient (Wildman–Crippen LogP) is 2.37. The van der Waals surface area contributed by atoms with Crippen molar-refractivity contribution in [3.63, 3.8) is 0 Å². The molecule has 0 saturated heterocycles. The Morgan fingerprint density at radius 3 is 2.81 bits per heavy atom. The summed E-state index contributed by atoms with van der Waals surface area (Å²) in [5.74, 6) is 0.877. The highest BCUT2D eigenvalue weighted by atomic mass is 32.2. The van der Waals surface area contributed by atoms with Gasteiger partial charge in [0.2, 0.25) is 0 Å². The Hall–Kier alpha value is -1.42. The number of benzene rings is 1. The van der Waals surface area contributed by atoms with Crippen LogP contribution in [0.4, 0.5) is 0 Å². The van der Waals surface area contributed by atoms with Gasteiger partial charge in [-0.1, -0.05) is 42.1 Å². The summed E-state index contributed by atoms with van der Waals surface area (Å²) < 4.78 is 5.64. The summed E-state index contributed by atoms with van der Waals surface area (Å²) in [7, 11) is 0. The van der Waals surface area contributed by atoms with Crippen LogP contribution >= 0.6 is 11.8 Å². The summed E-state index contributed by atoms with van der Waals surface area (Å²) in [6.45, 7) is 1.22. The molecule has 0 atom stereocenters. The fourth-order valence-corrected chi connectivity index (χ4v) is 1.71. The monoisotopic (exact) mass is 234 g/mol. The van der Waals surface area contributed by atoms with Gasteiger partial charge < -0.3 is 10.1 Å². The van der Waals surface area contributed by atoms with Crippen LogP contribution in [0, 0.1) is 0 Å². The lowest BCUT2D eigenvalue weighted by Gasteiger charge is -2.14. The van der Waals surface area contributed by atoms with E-state index in [1.54, 1.807) is 11.8 Å². The van der Waals surface area contributed by atoms with E-state index in [4.69, 9.17) is 4.74 Å². The molecule has 2 rings (SSSR count). The van der Waals surface area contributed by atoms with Crippen LogP contribution < -0.4 is 5.32 Å². The molecule has 4 heteroatoms. The van der Waals surface area contributed by atoms with Gasteiger partial charge in [0.05, 0.1) is 0 Å². The third kappa shape index (κ3) is 3.03. The summed E-state index contributed by atoms with van der Waals surface area (Å²) in [5, 5.41) is 4.02. The van der Waals surface area contributed by atoms with Gasteiger partial charge in [0.15, 0.2) is 5.17 Å². The zero-order chi connectivity index (χ0) is 11.2. The minimum Gasteiger partial charge on any atom is -0.490 e. The Labute approximate surface area is 99.6 Å². The molecule has 1 aromatic carbocycles. The molecule has 0 fully saturated rings. The van der Waals surface area contributed by atoms with E-state index in [1.807, 2.05) is 42.8 Å². The number of thioether (sulfide) groups is 1. The van der Waals surface area contributed by atoms with Crippen molar-refractivity contribution in [2.75, 3.05) is 12.8 Å². The Balaban J connectivity index is 1.82. The molecule has 0 aromatic heterocycles. The number of nitrogens with one attached hydrogen (secondary N) is 1. The van der Waals surface area contributed by atoms with E-state index in [0.717, 1.165) is 10.9 Å². The van der Waals surface area contributed by atoms with E-state index in [9.17, 15) is 0 Å². The molecule has 1 N–H and O–H groups in total. The largest absolute Gasteiger partial charge is 0.490 e. The van der Waals surface area contributed by atoms with Gasteiger partial charge in [-0.3, -0.25) is 4.99 Å². The highest BCUT2D eigenvalue weighted by Crippen LogP contribution is 2.09. The van der Waals surface area contributed by atoms with Crippen LogP contribution in [0.3, 0.4) is 0 Å². The van der Waals surface area contributed by atoms with Crippen LogP contribution in [-0.4, -0.2) is 18.0 Å². The highest BCUT2D eigenvalue weighted by Gasteiger charge is 2.05. The summed E-state index contributed by atoms with van der Waals surface area (Å²) in [6.07, 6.45) is 3.87. The van der Waals surface area contributed by atoms with Gasteiger partial charge in [-0.2, -0.15) is 0 Å². The molecule has 1 aliphatic rings. The van der Waals surface area contributed by atoms with Crippen molar-refractivity contribution in [2.45, 2.75) is 6.61 Å². The highest BCUT2D eigenvalue weighted by molar-refractivity contribution is 8.13. The first-order valence-corrected chi connectivity index (χ1v) is 6.31. The summed E-state index contributed by atoms with van der Waals surface area (Å²) in [6, 6.07) is 10.1. The van der Waals surface area contributed by atoms with Gasteiger partial charge in [0.1, 0.15) is 18.9 Å². The summed E-state index contributed by atoms with van der Waals surface area (Å²) in [5.41, 5.74) is 1.17. The van der Waals surface area contributed by atoms with Crippen molar-refractivity contribution < 1.29 is 4.74 Å². The standard InChI is InChI=1S/C12H14N2OS/c1-16-12-13-7-11(8-14-12)15-9-10-5-3-2-4-6-10/h2-7H,8-9H2,1H3,(H,13,14).